The van der Waals surface area contributed by atoms with Gasteiger partial charge >= 0.3 is 5.97 Å². The van der Waals surface area contributed by atoms with Crippen molar-refractivity contribution in [3.8, 4) is 5.75 Å². The van der Waals surface area contributed by atoms with Crippen LogP contribution in [0.25, 0.3) is 0 Å². The molecule has 1 heterocycles. The minimum atomic E-state index is -0.481. The maximum absolute atomic E-state index is 12.6. The number of benzene rings is 3. The molecule has 36 heavy (non-hydrogen) atoms. The fourth-order valence-corrected chi connectivity index (χ4v) is 3.77. The minimum absolute atomic E-state index is 0.0132. The van der Waals surface area contributed by atoms with Crippen LogP contribution in [0.1, 0.15) is 50.0 Å². The number of ether oxygens (including phenoxy) is 1. The van der Waals surface area contributed by atoms with Gasteiger partial charge in [0.25, 0.3) is 17.7 Å². The van der Waals surface area contributed by atoms with Gasteiger partial charge < -0.3 is 15.4 Å². The number of hydrogen-bond donors (Lipinski definition) is 2. The Kier molecular flexibility index (Phi) is 7.20. The highest BCUT2D eigenvalue weighted by atomic mass is 16.5. The molecule has 0 radical (unpaired) electrons. The van der Waals surface area contributed by atoms with Gasteiger partial charge in [-0.05, 0) is 48.0 Å². The average Bonchev–Trinajstić information content (AvgIpc) is 3.11. The third-order valence-electron chi connectivity index (χ3n) is 5.47. The molecule has 3 aromatic carbocycles. The zero-order chi connectivity index (χ0) is 25.7. The summed E-state index contributed by atoms with van der Waals surface area (Å²) in [7, 11) is 0. The van der Waals surface area contributed by atoms with E-state index in [4.69, 9.17) is 4.74 Å². The van der Waals surface area contributed by atoms with E-state index in [9.17, 15) is 24.0 Å². The number of amides is 4. The van der Waals surface area contributed by atoms with Crippen LogP contribution in [0.2, 0.25) is 0 Å². The summed E-state index contributed by atoms with van der Waals surface area (Å²) < 4.78 is 5.01. The molecule has 0 unspecified atom stereocenters. The van der Waals surface area contributed by atoms with E-state index in [1.807, 2.05) is 0 Å². The highest BCUT2D eigenvalue weighted by Crippen LogP contribution is 2.22. The lowest BCUT2D eigenvalue weighted by Crippen LogP contribution is -2.34. The van der Waals surface area contributed by atoms with Crippen molar-refractivity contribution in [2.24, 2.45) is 0 Å². The maximum atomic E-state index is 12.6. The van der Waals surface area contributed by atoms with Gasteiger partial charge in [-0.3, -0.25) is 28.9 Å². The SMILES string of the molecule is CC(=O)Oc1cccc(C(=O)Nc2cccc(CNC(=O)CCN3C(=O)c4ccccc4C3=O)c2)c1. The molecule has 0 spiro atoms. The quantitative estimate of drug-likeness (QED) is 0.287. The first-order valence-electron chi connectivity index (χ1n) is 11.2. The summed E-state index contributed by atoms with van der Waals surface area (Å²) in [4.78, 5) is 62.0. The van der Waals surface area contributed by atoms with E-state index in [0.29, 0.717) is 22.4 Å². The summed E-state index contributed by atoms with van der Waals surface area (Å²) >= 11 is 0. The van der Waals surface area contributed by atoms with Crippen molar-refractivity contribution in [1.29, 1.82) is 0 Å². The maximum Gasteiger partial charge on any atom is 0.308 e. The van der Waals surface area contributed by atoms with Crippen molar-refractivity contribution in [3.05, 3.63) is 95.1 Å². The molecule has 1 aliphatic rings. The number of carbonyl (C=O) groups is 5. The van der Waals surface area contributed by atoms with Gasteiger partial charge in [-0.2, -0.15) is 0 Å². The van der Waals surface area contributed by atoms with Crippen LogP contribution in [0.4, 0.5) is 5.69 Å². The van der Waals surface area contributed by atoms with Crippen LogP contribution in [0.5, 0.6) is 5.75 Å². The molecule has 0 fully saturated rings. The summed E-state index contributed by atoms with van der Waals surface area (Å²) in [6.45, 7) is 1.47. The second-order valence-corrected chi connectivity index (χ2v) is 8.11. The smallest absolute Gasteiger partial charge is 0.308 e. The number of nitrogens with zero attached hydrogens (tertiary/aromatic N) is 1. The molecular formula is C27H23N3O6. The number of nitrogens with one attached hydrogen (secondary N) is 2. The molecule has 0 saturated carbocycles. The number of rotatable bonds is 8. The summed E-state index contributed by atoms with van der Waals surface area (Å²) in [6, 6.07) is 19.8. The Balaban J connectivity index is 1.29. The van der Waals surface area contributed by atoms with Gasteiger partial charge in [0.2, 0.25) is 5.91 Å². The lowest BCUT2D eigenvalue weighted by atomic mass is 10.1. The van der Waals surface area contributed by atoms with Gasteiger partial charge in [0, 0.05) is 37.7 Å². The molecule has 9 nitrogen and oxygen atoms in total. The topological polar surface area (TPSA) is 122 Å². The van der Waals surface area contributed by atoms with E-state index in [1.165, 1.54) is 13.0 Å². The first-order chi connectivity index (χ1) is 17.3. The highest BCUT2D eigenvalue weighted by Gasteiger charge is 2.34. The number of fused-ring (bicyclic) bond motifs is 1. The monoisotopic (exact) mass is 485 g/mol. The molecule has 0 saturated heterocycles. The number of imide groups is 1. The van der Waals surface area contributed by atoms with Crippen molar-refractivity contribution in [3.63, 3.8) is 0 Å². The summed E-state index contributed by atoms with van der Waals surface area (Å²) in [5, 5.41) is 5.54. The zero-order valence-corrected chi connectivity index (χ0v) is 19.4. The minimum Gasteiger partial charge on any atom is -0.427 e. The predicted molar refractivity (Wildman–Crippen MR) is 130 cm³/mol. The Morgan fingerprint density at radius 2 is 1.56 bits per heavy atom. The second kappa shape index (κ2) is 10.6. The number of anilines is 1. The summed E-state index contributed by atoms with van der Waals surface area (Å²) in [5.41, 5.74) is 2.28. The van der Waals surface area contributed by atoms with E-state index >= 15 is 0 Å². The first-order valence-corrected chi connectivity index (χ1v) is 11.2. The molecular weight excluding hydrogens is 462 g/mol. The van der Waals surface area contributed by atoms with Crippen molar-refractivity contribution in [2.75, 3.05) is 11.9 Å². The van der Waals surface area contributed by atoms with Crippen LogP contribution >= 0.6 is 0 Å². The van der Waals surface area contributed by atoms with Crippen molar-refractivity contribution in [2.45, 2.75) is 19.9 Å². The molecule has 2 N–H and O–H groups in total. The molecule has 0 atom stereocenters. The van der Waals surface area contributed by atoms with Crippen LogP contribution in [0.15, 0.2) is 72.8 Å². The van der Waals surface area contributed by atoms with Crippen LogP contribution in [0, 0.1) is 0 Å². The van der Waals surface area contributed by atoms with E-state index < -0.39 is 17.8 Å². The molecule has 0 aliphatic carbocycles. The Labute approximate surface area is 207 Å². The van der Waals surface area contributed by atoms with Crippen molar-refractivity contribution < 1.29 is 28.7 Å². The van der Waals surface area contributed by atoms with E-state index in [2.05, 4.69) is 10.6 Å². The number of esters is 1. The largest absolute Gasteiger partial charge is 0.427 e. The van der Waals surface area contributed by atoms with Crippen LogP contribution in [0.3, 0.4) is 0 Å². The average molecular weight is 485 g/mol. The fraction of sp³-hybridized carbons (Fsp3) is 0.148. The molecule has 0 bridgehead atoms. The molecule has 4 amide bonds. The molecule has 182 valence electrons. The third-order valence-corrected chi connectivity index (χ3v) is 5.47. The normalized spacial score (nSPS) is 12.2. The standard InChI is InChI=1S/C27H23N3O6/c1-17(31)36-21-9-5-7-19(15-21)25(33)29-20-8-4-6-18(14-20)16-28-24(32)12-13-30-26(34)22-10-2-3-11-23(22)27(30)35/h2-11,14-15H,12-13,16H2,1H3,(H,28,32)(H,29,33). The molecule has 4 rings (SSSR count). The molecule has 0 aromatic heterocycles. The van der Waals surface area contributed by atoms with E-state index in [-0.39, 0.29) is 37.1 Å². The lowest BCUT2D eigenvalue weighted by molar-refractivity contribution is -0.131. The van der Waals surface area contributed by atoms with Gasteiger partial charge in [-0.25, -0.2) is 0 Å². The summed E-state index contributed by atoms with van der Waals surface area (Å²) in [5.74, 6) is -1.70. The van der Waals surface area contributed by atoms with Gasteiger partial charge in [0.1, 0.15) is 5.75 Å². The second-order valence-electron chi connectivity index (χ2n) is 8.11. The van der Waals surface area contributed by atoms with Gasteiger partial charge in [-0.1, -0.05) is 30.3 Å². The van der Waals surface area contributed by atoms with E-state index in [1.54, 1.807) is 66.7 Å². The van der Waals surface area contributed by atoms with Crippen LogP contribution in [-0.4, -0.2) is 41.0 Å². The van der Waals surface area contributed by atoms with Gasteiger partial charge in [0.05, 0.1) is 11.1 Å². The zero-order valence-electron chi connectivity index (χ0n) is 19.4. The van der Waals surface area contributed by atoms with Crippen LogP contribution < -0.4 is 15.4 Å². The Hall–Kier alpha value is -4.79. The fourth-order valence-electron chi connectivity index (χ4n) is 3.77. The van der Waals surface area contributed by atoms with Gasteiger partial charge in [0.15, 0.2) is 0 Å². The first kappa shape index (κ1) is 24.3. The predicted octanol–water partition coefficient (Wildman–Crippen LogP) is 3.17. The Morgan fingerprint density at radius 3 is 2.25 bits per heavy atom. The van der Waals surface area contributed by atoms with Gasteiger partial charge in [-0.15, -0.1) is 0 Å². The van der Waals surface area contributed by atoms with Crippen molar-refractivity contribution in [1.82, 2.24) is 10.2 Å². The lowest BCUT2D eigenvalue weighted by Gasteiger charge is -2.14. The molecule has 9 heteroatoms. The van der Waals surface area contributed by atoms with Crippen LogP contribution in [-0.2, 0) is 16.1 Å². The Bertz CT molecular complexity index is 1330. The Morgan fingerprint density at radius 1 is 0.861 bits per heavy atom. The molecule has 1 aliphatic heterocycles. The highest BCUT2D eigenvalue weighted by molar-refractivity contribution is 6.21. The third kappa shape index (κ3) is 5.64. The number of carbonyl (C=O) groups excluding carboxylic acids is 5. The van der Waals surface area contributed by atoms with E-state index in [0.717, 1.165) is 10.5 Å². The number of hydrogen-bond acceptors (Lipinski definition) is 6. The summed E-state index contributed by atoms with van der Waals surface area (Å²) in [6.07, 6.45) is -0.0272. The molecule has 3 aromatic rings. The van der Waals surface area contributed by atoms with Crippen molar-refractivity contribution >= 4 is 35.3 Å².